The molecule has 0 saturated carbocycles. The summed E-state index contributed by atoms with van der Waals surface area (Å²) in [6, 6.07) is 7.98. The van der Waals surface area contributed by atoms with Gasteiger partial charge in [-0.05, 0) is 64.1 Å². The van der Waals surface area contributed by atoms with Crippen LogP contribution in [0.1, 0.15) is 33.3 Å². The van der Waals surface area contributed by atoms with E-state index in [1.165, 1.54) is 18.2 Å². The highest BCUT2D eigenvalue weighted by Crippen LogP contribution is 2.40. The quantitative estimate of drug-likeness (QED) is 0.543. The van der Waals surface area contributed by atoms with Crippen molar-refractivity contribution >= 4 is 27.5 Å². The van der Waals surface area contributed by atoms with Gasteiger partial charge in [-0.2, -0.15) is 13.2 Å². The van der Waals surface area contributed by atoms with E-state index in [2.05, 4.69) is 10.6 Å². The number of rotatable bonds is 6. The first-order valence-electron chi connectivity index (χ1n) is 11.9. The first-order chi connectivity index (χ1) is 17.6. The van der Waals surface area contributed by atoms with Crippen LogP contribution in [0, 0.1) is 0 Å². The van der Waals surface area contributed by atoms with Crippen LogP contribution in [-0.2, 0) is 25.7 Å². The highest BCUT2D eigenvalue weighted by Gasteiger charge is 2.39. The van der Waals surface area contributed by atoms with Crippen LogP contribution in [0.15, 0.2) is 47.4 Å². The SMILES string of the molecule is CC1(NCC2CN(S(=O)(=O)c3cccc(C(F)(F)F)c3)c3cc(NC(=O)OC(C)(C)C)ccc3O2)COC1. The summed E-state index contributed by atoms with van der Waals surface area (Å²) in [7, 11) is -4.45. The summed E-state index contributed by atoms with van der Waals surface area (Å²) in [5.41, 5.74) is -1.83. The van der Waals surface area contributed by atoms with Crippen molar-refractivity contribution in [1.29, 1.82) is 0 Å². The second kappa shape index (κ2) is 9.93. The number of ether oxygens (including phenoxy) is 3. The molecule has 2 aromatic rings. The van der Waals surface area contributed by atoms with Crippen LogP contribution in [0.2, 0.25) is 0 Å². The topological polar surface area (TPSA) is 106 Å². The number of carbonyl (C=O) groups is 1. The molecule has 9 nitrogen and oxygen atoms in total. The summed E-state index contributed by atoms with van der Waals surface area (Å²) >= 11 is 0. The minimum Gasteiger partial charge on any atom is -0.485 e. The monoisotopic (exact) mass is 557 g/mol. The molecule has 2 heterocycles. The first-order valence-corrected chi connectivity index (χ1v) is 13.3. The number of nitrogens with one attached hydrogen (secondary N) is 2. The van der Waals surface area contributed by atoms with Crippen molar-refractivity contribution in [2.75, 3.05) is 35.9 Å². The molecule has 1 atom stereocenters. The fourth-order valence-electron chi connectivity index (χ4n) is 3.98. The van der Waals surface area contributed by atoms with Crippen LogP contribution in [0.4, 0.5) is 29.3 Å². The molecule has 2 aromatic carbocycles. The standard InChI is InChI=1S/C25H30F3N3O6S/c1-23(2,3)37-22(32)30-17-8-9-21-20(11-17)31(13-18(36-21)12-29-24(4)14-35-15-24)38(33,34)19-7-5-6-16(10-19)25(26,27)28/h5-11,18,29H,12-15H2,1-4H3,(H,30,32). The second-order valence-electron chi connectivity index (χ2n) is 10.5. The van der Waals surface area contributed by atoms with Gasteiger partial charge < -0.3 is 19.5 Å². The van der Waals surface area contributed by atoms with Gasteiger partial charge in [0, 0.05) is 12.2 Å². The van der Waals surface area contributed by atoms with Gasteiger partial charge in [-0.15, -0.1) is 0 Å². The van der Waals surface area contributed by atoms with E-state index in [0.29, 0.717) is 19.3 Å². The minimum atomic E-state index is -4.72. The lowest BCUT2D eigenvalue weighted by Crippen LogP contribution is -2.61. The van der Waals surface area contributed by atoms with Crippen LogP contribution >= 0.6 is 0 Å². The third-order valence-electron chi connectivity index (χ3n) is 5.88. The van der Waals surface area contributed by atoms with E-state index < -0.39 is 44.5 Å². The van der Waals surface area contributed by atoms with E-state index in [9.17, 15) is 26.4 Å². The van der Waals surface area contributed by atoms with Gasteiger partial charge in [0.15, 0.2) is 0 Å². The molecule has 2 N–H and O–H groups in total. The van der Waals surface area contributed by atoms with E-state index in [-0.39, 0.29) is 35.8 Å². The summed E-state index contributed by atoms with van der Waals surface area (Å²) in [5.74, 6) is 0.198. The van der Waals surface area contributed by atoms with Gasteiger partial charge in [-0.1, -0.05) is 6.07 Å². The largest absolute Gasteiger partial charge is 0.485 e. The molecule has 1 amide bonds. The number of anilines is 2. The number of amides is 1. The lowest BCUT2D eigenvalue weighted by atomic mass is 10.0. The molecule has 1 unspecified atom stereocenters. The minimum absolute atomic E-state index is 0.0745. The molecule has 0 aromatic heterocycles. The summed E-state index contributed by atoms with van der Waals surface area (Å²) in [6.45, 7) is 8.11. The zero-order chi connectivity index (χ0) is 27.9. The van der Waals surface area contributed by atoms with E-state index in [4.69, 9.17) is 14.2 Å². The number of sulfonamides is 1. The number of alkyl halides is 3. The molecule has 2 aliphatic heterocycles. The molecule has 208 valence electrons. The van der Waals surface area contributed by atoms with Crippen molar-refractivity contribution in [2.24, 2.45) is 0 Å². The molecular formula is C25H30F3N3O6S. The smallest absolute Gasteiger partial charge is 0.416 e. The Bertz CT molecular complexity index is 1310. The average molecular weight is 558 g/mol. The van der Waals surface area contributed by atoms with E-state index in [1.807, 2.05) is 6.92 Å². The van der Waals surface area contributed by atoms with E-state index in [1.54, 1.807) is 20.8 Å². The Balaban J connectivity index is 1.68. The highest BCUT2D eigenvalue weighted by atomic mass is 32.2. The first kappa shape index (κ1) is 28.0. The summed E-state index contributed by atoms with van der Waals surface area (Å²) in [4.78, 5) is 11.8. The van der Waals surface area contributed by atoms with Crippen molar-refractivity contribution in [3.63, 3.8) is 0 Å². The maximum atomic E-state index is 13.7. The van der Waals surface area contributed by atoms with E-state index >= 15 is 0 Å². The van der Waals surface area contributed by atoms with Gasteiger partial charge in [0.25, 0.3) is 10.0 Å². The van der Waals surface area contributed by atoms with E-state index in [0.717, 1.165) is 22.5 Å². The number of halogens is 3. The Labute approximate surface area is 219 Å². The predicted octanol–water partition coefficient (Wildman–Crippen LogP) is 4.39. The molecule has 1 fully saturated rings. The van der Waals surface area contributed by atoms with Crippen molar-refractivity contribution in [3.8, 4) is 5.75 Å². The number of benzene rings is 2. The summed E-state index contributed by atoms with van der Waals surface area (Å²) in [6.07, 6.45) is -6.12. The Hall–Kier alpha value is -3.03. The molecule has 0 radical (unpaired) electrons. The van der Waals surface area contributed by atoms with Crippen LogP contribution < -0.4 is 19.7 Å². The number of hydrogen-bond donors (Lipinski definition) is 2. The number of fused-ring (bicyclic) bond motifs is 1. The van der Waals surface area contributed by atoms with Gasteiger partial charge >= 0.3 is 12.3 Å². The third-order valence-corrected chi connectivity index (χ3v) is 7.66. The van der Waals surface area contributed by atoms with Gasteiger partial charge in [0.05, 0.1) is 41.4 Å². The molecule has 1 saturated heterocycles. The Morgan fingerprint density at radius 3 is 2.47 bits per heavy atom. The zero-order valence-corrected chi connectivity index (χ0v) is 22.2. The molecule has 0 aliphatic carbocycles. The maximum Gasteiger partial charge on any atom is 0.416 e. The lowest BCUT2D eigenvalue weighted by molar-refractivity contribution is -0.137. The molecule has 0 bridgehead atoms. The number of carbonyl (C=O) groups excluding carboxylic acids is 1. The Kier molecular flexibility index (Phi) is 7.32. The molecule has 2 aliphatic rings. The molecule has 13 heteroatoms. The highest BCUT2D eigenvalue weighted by molar-refractivity contribution is 7.92. The molecular weight excluding hydrogens is 527 g/mol. The number of hydrogen-bond acceptors (Lipinski definition) is 7. The van der Waals surface area contributed by atoms with Crippen molar-refractivity contribution in [2.45, 2.75) is 56.0 Å². The predicted molar refractivity (Wildman–Crippen MR) is 134 cm³/mol. The van der Waals surface area contributed by atoms with Crippen molar-refractivity contribution in [1.82, 2.24) is 5.32 Å². The van der Waals surface area contributed by atoms with Crippen molar-refractivity contribution < 1.29 is 40.6 Å². The van der Waals surface area contributed by atoms with Crippen molar-refractivity contribution in [3.05, 3.63) is 48.0 Å². The summed E-state index contributed by atoms with van der Waals surface area (Å²) < 4.78 is 85.0. The molecule has 0 spiro atoms. The Morgan fingerprint density at radius 2 is 1.87 bits per heavy atom. The average Bonchev–Trinajstić information content (AvgIpc) is 2.79. The van der Waals surface area contributed by atoms with Gasteiger partial charge in [0.1, 0.15) is 17.5 Å². The fraction of sp³-hybridized carbons (Fsp3) is 0.480. The maximum absolute atomic E-state index is 13.7. The zero-order valence-electron chi connectivity index (χ0n) is 21.4. The summed E-state index contributed by atoms with van der Waals surface area (Å²) in [5, 5.41) is 5.85. The van der Waals surface area contributed by atoms with Crippen LogP contribution in [-0.4, -0.2) is 58.1 Å². The molecule has 38 heavy (non-hydrogen) atoms. The lowest BCUT2D eigenvalue weighted by Gasteiger charge is -2.41. The fourth-order valence-corrected chi connectivity index (χ4v) is 5.52. The van der Waals surface area contributed by atoms with Crippen LogP contribution in [0.5, 0.6) is 5.75 Å². The Morgan fingerprint density at radius 1 is 1.16 bits per heavy atom. The van der Waals surface area contributed by atoms with Gasteiger partial charge in [0.2, 0.25) is 0 Å². The second-order valence-corrected chi connectivity index (χ2v) is 12.4. The van der Waals surface area contributed by atoms with Gasteiger partial charge in [-0.3, -0.25) is 9.62 Å². The van der Waals surface area contributed by atoms with Crippen LogP contribution in [0.25, 0.3) is 0 Å². The van der Waals surface area contributed by atoms with Gasteiger partial charge in [-0.25, -0.2) is 13.2 Å². The normalized spacial score (nSPS) is 19.1. The third kappa shape index (κ3) is 6.33. The van der Waals surface area contributed by atoms with Crippen LogP contribution in [0.3, 0.4) is 0 Å². The number of nitrogens with zero attached hydrogens (tertiary/aromatic N) is 1. The molecule has 4 rings (SSSR count).